The van der Waals surface area contributed by atoms with E-state index >= 15 is 0 Å². The molecule has 0 aliphatic carbocycles. The monoisotopic (exact) mass is 254 g/mol. The van der Waals surface area contributed by atoms with Gasteiger partial charge in [0, 0.05) is 12.8 Å². The van der Waals surface area contributed by atoms with Crippen molar-refractivity contribution >= 4 is 0 Å². The maximum Gasteiger partial charge on any atom is 0.0970 e. The van der Waals surface area contributed by atoms with Gasteiger partial charge in [-0.3, -0.25) is 4.90 Å². The highest BCUT2D eigenvalue weighted by Gasteiger charge is 2.14. The number of hydrogen-bond donors (Lipinski definition) is 0. The standard InChI is InChI=1S/C17H22N2/c1-3-19(4-2)17(14-10-5-6-11-15-18)16-12-8-7-9-13-16/h7-9,12-13,17H,3-6,11H2,1-2H3. The van der Waals surface area contributed by atoms with Gasteiger partial charge in [-0.15, -0.1) is 5.92 Å². The van der Waals surface area contributed by atoms with Gasteiger partial charge in [-0.05, 0) is 25.1 Å². The second-order valence-corrected chi connectivity index (χ2v) is 4.37. The summed E-state index contributed by atoms with van der Waals surface area (Å²) in [7, 11) is 0. The number of benzene rings is 1. The van der Waals surface area contributed by atoms with Crippen molar-refractivity contribution in [3.8, 4) is 17.9 Å². The van der Waals surface area contributed by atoms with E-state index in [2.05, 4.69) is 60.9 Å². The van der Waals surface area contributed by atoms with Gasteiger partial charge in [-0.25, -0.2) is 0 Å². The van der Waals surface area contributed by atoms with E-state index in [0.29, 0.717) is 6.42 Å². The van der Waals surface area contributed by atoms with Crippen LogP contribution in [-0.2, 0) is 0 Å². The molecule has 0 saturated carbocycles. The van der Waals surface area contributed by atoms with E-state index in [0.717, 1.165) is 25.9 Å². The fourth-order valence-electron chi connectivity index (χ4n) is 2.03. The third-order valence-electron chi connectivity index (χ3n) is 3.12. The number of unbranched alkanes of at least 4 members (excludes halogenated alkanes) is 2. The van der Waals surface area contributed by atoms with Gasteiger partial charge in [0.25, 0.3) is 0 Å². The third kappa shape index (κ3) is 5.16. The molecular weight excluding hydrogens is 232 g/mol. The summed E-state index contributed by atoms with van der Waals surface area (Å²) < 4.78 is 0. The lowest BCUT2D eigenvalue weighted by Crippen LogP contribution is -2.27. The first-order valence-electron chi connectivity index (χ1n) is 6.97. The van der Waals surface area contributed by atoms with Crippen molar-refractivity contribution in [2.24, 2.45) is 0 Å². The molecule has 2 heteroatoms. The molecule has 0 heterocycles. The largest absolute Gasteiger partial charge is 0.287 e. The third-order valence-corrected chi connectivity index (χ3v) is 3.12. The minimum atomic E-state index is 0.165. The maximum atomic E-state index is 8.51. The summed E-state index contributed by atoms with van der Waals surface area (Å²) >= 11 is 0. The van der Waals surface area contributed by atoms with Gasteiger partial charge in [0.2, 0.25) is 0 Å². The van der Waals surface area contributed by atoms with Crippen molar-refractivity contribution in [3.05, 3.63) is 35.9 Å². The molecule has 0 fully saturated rings. The molecular formula is C17H22N2. The van der Waals surface area contributed by atoms with Gasteiger partial charge >= 0.3 is 0 Å². The molecule has 19 heavy (non-hydrogen) atoms. The molecule has 1 atom stereocenters. The summed E-state index contributed by atoms with van der Waals surface area (Å²) in [6.07, 6.45) is 2.26. The van der Waals surface area contributed by atoms with Crippen molar-refractivity contribution in [3.63, 3.8) is 0 Å². The van der Waals surface area contributed by atoms with Crippen molar-refractivity contribution in [1.82, 2.24) is 4.90 Å². The zero-order valence-electron chi connectivity index (χ0n) is 11.9. The SMILES string of the molecule is CCN(CC)C(C#CCCCC#N)c1ccccc1. The Morgan fingerprint density at radius 3 is 2.37 bits per heavy atom. The van der Waals surface area contributed by atoms with E-state index in [4.69, 9.17) is 5.26 Å². The zero-order valence-corrected chi connectivity index (χ0v) is 11.9. The molecule has 100 valence electrons. The summed E-state index contributed by atoms with van der Waals surface area (Å²) in [4.78, 5) is 2.35. The second kappa shape index (κ2) is 9.20. The van der Waals surface area contributed by atoms with Crippen LogP contribution in [0.2, 0.25) is 0 Å². The Hall–Kier alpha value is -1.77. The first-order chi connectivity index (χ1) is 9.33. The fraction of sp³-hybridized carbons (Fsp3) is 0.471. The first-order valence-corrected chi connectivity index (χ1v) is 6.97. The van der Waals surface area contributed by atoms with Crippen LogP contribution in [0.25, 0.3) is 0 Å². The lowest BCUT2D eigenvalue weighted by molar-refractivity contribution is 0.264. The Balaban J connectivity index is 2.79. The Morgan fingerprint density at radius 1 is 1.11 bits per heavy atom. The van der Waals surface area contributed by atoms with Crippen molar-refractivity contribution in [2.45, 2.75) is 39.2 Å². The predicted octanol–water partition coefficient (Wildman–Crippen LogP) is 3.77. The molecule has 0 spiro atoms. The van der Waals surface area contributed by atoms with E-state index < -0.39 is 0 Å². The predicted molar refractivity (Wildman–Crippen MR) is 79.3 cm³/mol. The van der Waals surface area contributed by atoms with Crippen LogP contribution in [0.5, 0.6) is 0 Å². The van der Waals surface area contributed by atoms with Gasteiger partial charge in [-0.1, -0.05) is 50.1 Å². The minimum absolute atomic E-state index is 0.165. The average molecular weight is 254 g/mol. The molecule has 0 saturated heterocycles. The quantitative estimate of drug-likeness (QED) is 0.571. The molecule has 0 aliphatic rings. The lowest BCUT2D eigenvalue weighted by atomic mass is 10.1. The van der Waals surface area contributed by atoms with Crippen molar-refractivity contribution < 1.29 is 0 Å². The Morgan fingerprint density at radius 2 is 1.79 bits per heavy atom. The molecule has 2 nitrogen and oxygen atoms in total. The second-order valence-electron chi connectivity index (χ2n) is 4.37. The molecule has 0 amide bonds. The highest BCUT2D eigenvalue weighted by atomic mass is 15.1. The van der Waals surface area contributed by atoms with E-state index in [1.165, 1.54) is 5.56 Å². The highest BCUT2D eigenvalue weighted by Crippen LogP contribution is 2.19. The molecule has 1 aromatic rings. The van der Waals surface area contributed by atoms with Crippen molar-refractivity contribution in [1.29, 1.82) is 5.26 Å². The fourth-order valence-corrected chi connectivity index (χ4v) is 2.03. The summed E-state index contributed by atoms with van der Waals surface area (Å²) in [6, 6.07) is 12.7. The first kappa shape index (κ1) is 15.3. The molecule has 0 aromatic heterocycles. The zero-order chi connectivity index (χ0) is 13.9. The van der Waals surface area contributed by atoms with Gasteiger partial charge in [-0.2, -0.15) is 5.26 Å². The molecule has 1 rings (SSSR count). The smallest absolute Gasteiger partial charge is 0.0970 e. The number of nitrogens with zero attached hydrogens (tertiary/aromatic N) is 2. The summed E-state index contributed by atoms with van der Waals surface area (Å²) in [5.74, 6) is 6.59. The number of rotatable bonds is 6. The topological polar surface area (TPSA) is 27.0 Å². The van der Waals surface area contributed by atoms with Crippen LogP contribution in [0.1, 0.15) is 44.7 Å². The van der Waals surface area contributed by atoms with Crippen molar-refractivity contribution in [2.75, 3.05) is 13.1 Å². The summed E-state index contributed by atoms with van der Waals surface area (Å²) in [5, 5.41) is 8.51. The Labute approximate surface area is 117 Å². The summed E-state index contributed by atoms with van der Waals surface area (Å²) in [5.41, 5.74) is 1.25. The van der Waals surface area contributed by atoms with E-state index in [9.17, 15) is 0 Å². The Bertz CT molecular complexity index is 444. The molecule has 1 aromatic carbocycles. The number of nitriles is 1. The van der Waals surface area contributed by atoms with Gasteiger partial charge in [0.05, 0.1) is 12.1 Å². The average Bonchev–Trinajstić information content (AvgIpc) is 2.47. The summed E-state index contributed by atoms with van der Waals surface area (Å²) in [6.45, 7) is 6.31. The van der Waals surface area contributed by atoms with E-state index in [-0.39, 0.29) is 6.04 Å². The van der Waals surface area contributed by atoms with Crippen LogP contribution in [0.3, 0.4) is 0 Å². The minimum Gasteiger partial charge on any atom is -0.287 e. The Kier molecular flexibility index (Phi) is 7.40. The molecule has 0 aliphatic heterocycles. The highest BCUT2D eigenvalue weighted by molar-refractivity contribution is 5.27. The molecule has 0 radical (unpaired) electrons. The van der Waals surface area contributed by atoms with Crippen LogP contribution in [0.15, 0.2) is 30.3 Å². The van der Waals surface area contributed by atoms with E-state index in [1.54, 1.807) is 0 Å². The van der Waals surface area contributed by atoms with Gasteiger partial charge in [0.15, 0.2) is 0 Å². The molecule has 0 bridgehead atoms. The van der Waals surface area contributed by atoms with Crippen LogP contribution in [0.4, 0.5) is 0 Å². The maximum absolute atomic E-state index is 8.51. The normalized spacial score (nSPS) is 11.5. The number of hydrogen-bond acceptors (Lipinski definition) is 2. The van der Waals surface area contributed by atoms with Gasteiger partial charge < -0.3 is 0 Å². The molecule has 0 N–H and O–H groups in total. The van der Waals surface area contributed by atoms with Crippen LogP contribution >= 0.6 is 0 Å². The lowest BCUT2D eigenvalue weighted by Gasteiger charge is -2.25. The van der Waals surface area contributed by atoms with Crippen LogP contribution in [-0.4, -0.2) is 18.0 Å². The van der Waals surface area contributed by atoms with Gasteiger partial charge in [0.1, 0.15) is 0 Å². The molecule has 1 unspecified atom stereocenters. The van der Waals surface area contributed by atoms with E-state index in [1.807, 2.05) is 6.07 Å². The van der Waals surface area contributed by atoms with Crippen LogP contribution < -0.4 is 0 Å². The van der Waals surface area contributed by atoms with Crippen LogP contribution in [0, 0.1) is 23.2 Å².